The van der Waals surface area contributed by atoms with Gasteiger partial charge >= 0.3 is 6.09 Å². The fourth-order valence-electron chi connectivity index (χ4n) is 0.652. The summed E-state index contributed by atoms with van der Waals surface area (Å²) in [5, 5.41) is 2.55. The van der Waals surface area contributed by atoms with Gasteiger partial charge in [0.1, 0.15) is 5.60 Å². The summed E-state index contributed by atoms with van der Waals surface area (Å²) in [5.41, 5.74) is 4.81. The van der Waals surface area contributed by atoms with E-state index in [9.17, 15) is 4.79 Å². The van der Waals surface area contributed by atoms with Crippen molar-refractivity contribution in [1.29, 1.82) is 0 Å². The summed E-state index contributed by atoms with van der Waals surface area (Å²) in [6.07, 6.45) is 1.18. The first-order valence-electron chi connectivity index (χ1n) is 4.79. The van der Waals surface area contributed by atoms with Crippen LogP contribution in [0.15, 0.2) is 0 Å². The molecule has 0 spiro atoms. The molecule has 14 heavy (non-hydrogen) atoms. The highest BCUT2D eigenvalue weighted by molar-refractivity contribution is 5.66. The lowest BCUT2D eigenvalue weighted by Crippen LogP contribution is -2.29. The topological polar surface area (TPSA) is 73.6 Å². The first-order chi connectivity index (χ1) is 6.45. The van der Waals surface area contributed by atoms with Gasteiger partial charge in [-0.2, -0.15) is 4.89 Å². The van der Waals surface area contributed by atoms with Crippen molar-refractivity contribution >= 4 is 6.09 Å². The van der Waals surface area contributed by atoms with E-state index in [1.54, 1.807) is 20.8 Å². The van der Waals surface area contributed by atoms with Crippen molar-refractivity contribution in [2.45, 2.75) is 39.2 Å². The summed E-state index contributed by atoms with van der Waals surface area (Å²) in [5.74, 6) is 0. The molecular formula is C9H20N2O3. The lowest BCUT2D eigenvalue weighted by atomic mass is 10.2. The van der Waals surface area contributed by atoms with Gasteiger partial charge in [-0.3, -0.25) is 4.89 Å². The highest BCUT2D eigenvalue weighted by atomic mass is 17.2. The van der Waals surface area contributed by atoms with Crippen molar-refractivity contribution < 1.29 is 14.6 Å². The number of hydrogen-bond acceptors (Lipinski definition) is 4. The van der Waals surface area contributed by atoms with Gasteiger partial charge in [-0.15, -0.1) is 0 Å². The maximum absolute atomic E-state index is 11.0. The largest absolute Gasteiger partial charge is 0.438 e. The number of nitrogens with two attached hydrogens (primary N) is 1. The molecule has 0 bridgehead atoms. The predicted octanol–water partition coefficient (Wildman–Crippen LogP) is 1.18. The summed E-state index contributed by atoms with van der Waals surface area (Å²) in [4.78, 5) is 20.3. The van der Waals surface area contributed by atoms with E-state index in [0.717, 1.165) is 12.8 Å². The van der Waals surface area contributed by atoms with Gasteiger partial charge in [-0.05, 0) is 40.2 Å². The van der Waals surface area contributed by atoms with Crippen LogP contribution in [-0.4, -0.2) is 24.8 Å². The molecule has 5 nitrogen and oxygen atoms in total. The van der Waals surface area contributed by atoms with Crippen molar-refractivity contribution in [2.24, 2.45) is 5.73 Å². The van der Waals surface area contributed by atoms with Gasteiger partial charge in [-0.25, -0.2) is 4.79 Å². The molecule has 0 aromatic rings. The molecule has 0 radical (unpaired) electrons. The smallest absolute Gasteiger partial charge is 0.330 e. The molecule has 0 aliphatic carbocycles. The van der Waals surface area contributed by atoms with E-state index in [2.05, 4.69) is 10.2 Å². The number of hydrogen-bond donors (Lipinski definition) is 2. The zero-order chi connectivity index (χ0) is 11.0. The Morgan fingerprint density at radius 1 is 1.36 bits per heavy atom. The van der Waals surface area contributed by atoms with Gasteiger partial charge in [0, 0.05) is 6.54 Å². The first kappa shape index (κ1) is 13.2. The van der Waals surface area contributed by atoms with E-state index >= 15 is 0 Å². The molecule has 0 atom stereocenters. The Hall–Kier alpha value is -0.810. The molecule has 0 aromatic heterocycles. The van der Waals surface area contributed by atoms with E-state index in [-0.39, 0.29) is 0 Å². The Labute approximate surface area is 84.9 Å². The Morgan fingerprint density at radius 3 is 2.50 bits per heavy atom. The maximum atomic E-state index is 11.0. The molecule has 84 valence electrons. The van der Waals surface area contributed by atoms with Gasteiger partial charge < -0.3 is 11.1 Å². The molecule has 0 aromatic carbocycles. The monoisotopic (exact) mass is 204 g/mol. The van der Waals surface area contributed by atoms with E-state index in [4.69, 9.17) is 10.6 Å². The lowest BCUT2D eigenvalue weighted by Gasteiger charge is -2.16. The molecule has 0 fully saturated rings. The minimum Gasteiger partial charge on any atom is -0.330 e. The van der Waals surface area contributed by atoms with E-state index in [1.165, 1.54) is 0 Å². The minimum atomic E-state index is -0.558. The Bertz CT molecular complexity index is 166. The fourth-order valence-corrected chi connectivity index (χ4v) is 0.652. The van der Waals surface area contributed by atoms with Gasteiger partial charge in [0.05, 0.1) is 0 Å². The molecule has 0 heterocycles. The lowest BCUT2D eigenvalue weighted by molar-refractivity contribution is -0.300. The van der Waals surface area contributed by atoms with Crippen LogP contribution in [0.5, 0.6) is 0 Å². The second kappa shape index (κ2) is 6.62. The number of rotatable bonds is 5. The summed E-state index contributed by atoms with van der Waals surface area (Å²) in [7, 11) is 0. The second-order valence-corrected chi connectivity index (χ2v) is 3.99. The summed E-state index contributed by atoms with van der Waals surface area (Å²) in [6, 6.07) is 0. The molecule has 0 aliphatic heterocycles. The number of nitrogens with one attached hydrogen (secondary N) is 1. The van der Waals surface area contributed by atoms with E-state index < -0.39 is 11.7 Å². The quantitative estimate of drug-likeness (QED) is 0.400. The number of unbranched alkanes of at least 4 members (excludes halogenated alkanes) is 1. The zero-order valence-electron chi connectivity index (χ0n) is 9.13. The van der Waals surface area contributed by atoms with E-state index in [1.807, 2.05) is 0 Å². The zero-order valence-corrected chi connectivity index (χ0v) is 9.13. The van der Waals surface area contributed by atoms with Crippen molar-refractivity contribution in [3.63, 3.8) is 0 Å². The Morgan fingerprint density at radius 2 is 2.00 bits per heavy atom. The fraction of sp³-hybridized carbons (Fsp3) is 0.889. The van der Waals surface area contributed by atoms with Crippen molar-refractivity contribution in [1.82, 2.24) is 5.32 Å². The minimum absolute atomic E-state index is 0.478. The third-order valence-electron chi connectivity index (χ3n) is 1.27. The second-order valence-electron chi connectivity index (χ2n) is 3.99. The Kier molecular flexibility index (Phi) is 6.23. The molecule has 0 saturated carbocycles. The molecule has 0 unspecified atom stereocenters. The van der Waals surface area contributed by atoms with Crippen molar-refractivity contribution in [3.05, 3.63) is 0 Å². The molecule has 1 amide bonds. The van der Waals surface area contributed by atoms with Gasteiger partial charge in [-0.1, -0.05) is 0 Å². The summed E-state index contributed by atoms with van der Waals surface area (Å²) < 4.78 is 0. The van der Waals surface area contributed by atoms with Crippen LogP contribution in [0.25, 0.3) is 0 Å². The average molecular weight is 204 g/mol. The standard InChI is InChI=1S/C9H20N2O3/c1-9(2,3)14-13-8(12)11-7-5-4-6-10/h4-7,10H2,1-3H3,(H,11,12). The van der Waals surface area contributed by atoms with Gasteiger partial charge in [0.15, 0.2) is 0 Å². The highest BCUT2D eigenvalue weighted by Crippen LogP contribution is 2.06. The normalized spacial score (nSPS) is 11.1. The third kappa shape index (κ3) is 9.28. The van der Waals surface area contributed by atoms with Crippen LogP contribution in [0, 0.1) is 0 Å². The predicted molar refractivity (Wildman–Crippen MR) is 53.6 cm³/mol. The van der Waals surface area contributed by atoms with Crippen LogP contribution in [0.3, 0.4) is 0 Å². The summed E-state index contributed by atoms with van der Waals surface area (Å²) in [6.45, 7) is 6.59. The molecule has 5 heteroatoms. The van der Waals surface area contributed by atoms with Crippen LogP contribution in [0.4, 0.5) is 4.79 Å². The summed E-state index contributed by atoms with van der Waals surface area (Å²) >= 11 is 0. The molecule has 0 saturated heterocycles. The van der Waals surface area contributed by atoms with Crippen LogP contribution >= 0.6 is 0 Å². The van der Waals surface area contributed by atoms with Crippen LogP contribution in [-0.2, 0) is 9.78 Å². The third-order valence-corrected chi connectivity index (χ3v) is 1.27. The number of amides is 1. The molecule has 3 N–H and O–H groups in total. The Balaban J connectivity index is 3.38. The van der Waals surface area contributed by atoms with Crippen molar-refractivity contribution in [2.75, 3.05) is 13.1 Å². The number of carbonyl (C=O) groups excluding carboxylic acids is 1. The SMILES string of the molecule is CC(C)(C)OOC(=O)NCCCCN. The van der Waals surface area contributed by atoms with Crippen LogP contribution in [0.1, 0.15) is 33.6 Å². The van der Waals surface area contributed by atoms with Crippen molar-refractivity contribution in [3.8, 4) is 0 Å². The maximum Gasteiger partial charge on any atom is 0.438 e. The van der Waals surface area contributed by atoms with Gasteiger partial charge in [0.25, 0.3) is 0 Å². The van der Waals surface area contributed by atoms with Gasteiger partial charge in [0.2, 0.25) is 0 Å². The molecular weight excluding hydrogens is 184 g/mol. The van der Waals surface area contributed by atoms with E-state index in [0.29, 0.717) is 13.1 Å². The molecule has 0 aliphatic rings. The molecule has 0 rings (SSSR count). The average Bonchev–Trinajstić information content (AvgIpc) is 2.08. The number of carbonyl (C=O) groups is 1. The first-order valence-corrected chi connectivity index (χ1v) is 4.79. The van der Waals surface area contributed by atoms with Crippen LogP contribution < -0.4 is 11.1 Å². The van der Waals surface area contributed by atoms with Crippen LogP contribution in [0.2, 0.25) is 0 Å². The highest BCUT2D eigenvalue weighted by Gasteiger charge is 2.14.